The third-order valence-corrected chi connectivity index (χ3v) is 3.05. The fraction of sp³-hybridized carbons (Fsp3) is 0.235. The lowest BCUT2D eigenvalue weighted by Crippen LogP contribution is -2.22. The molecule has 0 amide bonds. The SMILES string of the molecule is CC(C)(C)C(=O)C(C#N)=CNc1cccc2cccnc12. The van der Waals surface area contributed by atoms with Crippen LogP contribution in [0.25, 0.3) is 10.9 Å². The van der Waals surface area contributed by atoms with E-state index in [0.29, 0.717) is 0 Å². The first-order chi connectivity index (χ1) is 9.93. The largest absolute Gasteiger partial charge is 0.359 e. The number of nitrogens with zero attached hydrogens (tertiary/aromatic N) is 2. The molecule has 21 heavy (non-hydrogen) atoms. The van der Waals surface area contributed by atoms with Gasteiger partial charge in [-0.15, -0.1) is 0 Å². The molecule has 0 aliphatic rings. The normalized spacial score (nSPS) is 12.0. The quantitative estimate of drug-likeness (QED) is 0.687. The zero-order valence-corrected chi connectivity index (χ0v) is 12.3. The molecule has 2 aromatic rings. The summed E-state index contributed by atoms with van der Waals surface area (Å²) in [5.41, 5.74) is 1.09. The van der Waals surface area contributed by atoms with Crippen LogP contribution in [0.2, 0.25) is 0 Å². The molecular weight excluding hydrogens is 262 g/mol. The first-order valence-corrected chi connectivity index (χ1v) is 6.69. The number of para-hydroxylation sites is 1. The molecule has 0 radical (unpaired) electrons. The van der Waals surface area contributed by atoms with Gasteiger partial charge in [0.1, 0.15) is 11.6 Å². The lowest BCUT2D eigenvalue weighted by Gasteiger charge is -2.15. The number of ketones is 1. The van der Waals surface area contributed by atoms with Gasteiger partial charge in [0.2, 0.25) is 0 Å². The average molecular weight is 279 g/mol. The molecule has 0 aliphatic carbocycles. The number of nitrogens with one attached hydrogen (secondary N) is 1. The molecule has 106 valence electrons. The Kier molecular flexibility index (Phi) is 4.04. The van der Waals surface area contributed by atoms with Gasteiger partial charge in [0, 0.05) is 23.2 Å². The molecule has 0 saturated heterocycles. The lowest BCUT2D eigenvalue weighted by molar-refractivity contribution is -0.122. The maximum atomic E-state index is 12.1. The first-order valence-electron chi connectivity index (χ1n) is 6.69. The third-order valence-electron chi connectivity index (χ3n) is 3.05. The van der Waals surface area contributed by atoms with Crippen molar-refractivity contribution in [2.45, 2.75) is 20.8 Å². The Hall–Kier alpha value is -2.67. The number of hydrogen-bond acceptors (Lipinski definition) is 4. The van der Waals surface area contributed by atoms with Crippen molar-refractivity contribution in [1.29, 1.82) is 5.26 Å². The second-order valence-corrected chi connectivity index (χ2v) is 5.77. The van der Waals surface area contributed by atoms with Crippen molar-refractivity contribution in [2.24, 2.45) is 5.41 Å². The Morgan fingerprint density at radius 2 is 2.00 bits per heavy atom. The molecule has 0 saturated carbocycles. The summed E-state index contributed by atoms with van der Waals surface area (Å²) in [5.74, 6) is -0.189. The highest BCUT2D eigenvalue weighted by atomic mass is 16.1. The second-order valence-electron chi connectivity index (χ2n) is 5.77. The maximum Gasteiger partial charge on any atom is 0.180 e. The molecule has 0 bridgehead atoms. The van der Waals surface area contributed by atoms with E-state index in [4.69, 9.17) is 5.26 Å². The van der Waals surface area contributed by atoms with Crippen LogP contribution in [0.15, 0.2) is 48.3 Å². The van der Waals surface area contributed by atoms with E-state index < -0.39 is 5.41 Å². The summed E-state index contributed by atoms with van der Waals surface area (Å²) in [5, 5.41) is 13.2. The molecule has 4 heteroatoms. The van der Waals surface area contributed by atoms with Gasteiger partial charge in [-0.3, -0.25) is 9.78 Å². The Morgan fingerprint density at radius 3 is 2.67 bits per heavy atom. The molecule has 0 spiro atoms. The van der Waals surface area contributed by atoms with Crippen LogP contribution >= 0.6 is 0 Å². The van der Waals surface area contributed by atoms with Crippen LogP contribution < -0.4 is 5.32 Å². The molecule has 0 unspecified atom stereocenters. The molecule has 4 nitrogen and oxygen atoms in total. The molecule has 1 heterocycles. The van der Waals surface area contributed by atoms with Crippen molar-refractivity contribution in [1.82, 2.24) is 4.98 Å². The van der Waals surface area contributed by atoms with Gasteiger partial charge >= 0.3 is 0 Å². The zero-order valence-electron chi connectivity index (χ0n) is 12.3. The van der Waals surface area contributed by atoms with Crippen molar-refractivity contribution < 1.29 is 4.79 Å². The standard InChI is InChI=1S/C17H17N3O/c1-17(2,3)16(21)13(10-18)11-20-14-8-4-6-12-7-5-9-19-15(12)14/h4-9,11,20H,1-3H3. The number of hydrogen-bond donors (Lipinski definition) is 1. The van der Waals surface area contributed by atoms with E-state index in [1.807, 2.05) is 36.4 Å². The van der Waals surface area contributed by atoms with Crippen LogP contribution in [0.5, 0.6) is 0 Å². The summed E-state index contributed by atoms with van der Waals surface area (Å²) in [6, 6.07) is 11.5. The van der Waals surface area contributed by atoms with E-state index in [2.05, 4.69) is 10.3 Å². The summed E-state index contributed by atoms with van der Waals surface area (Å²) in [6.07, 6.45) is 3.17. The molecule has 0 fully saturated rings. The van der Waals surface area contributed by atoms with Crippen LogP contribution in [0.4, 0.5) is 5.69 Å². The minimum atomic E-state index is -0.583. The number of aromatic nitrogens is 1. The molecule has 0 atom stereocenters. The maximum absolute atomic E-state index is 12.1. The van der Waals surface area contributed by atoms with Crippen LogP contribution in [-0.4, -0.2) is 10.8 Å². The number of pyridine rings is 1. The summed E-state index contributed by atoms with van der Waals surface area (Å²) in [7, 11) is 0. The Bertz CT molecular complexity index is 743. The number of nitriles is 1. The summed E-state index contributed by atoms with van der Waals surface area (Å²) >= 11 is 0. The van der Waals surface area contributed by atoms with E-state index in [1.54, 1.807) is 27.0 Å². The van der Waals surface area contributed by atoms with Gasteiger partial charge in [-0.1, -0.05) is 39.0 Å². The van der Waals surface area contributed by atoms with Crippen molar-refractivity contribution in [2.75, 3.05) is 5.32 Å². The molecule has 1 aromatic carbocycles. The van der Waals surface area contributed by atoms with Crippen molar-refractivity contribution in [3.05, 3.63) is 48.3 Å². The number of anilines is 1. The summed E-state index contributed by atoms with van der Waals surface area (Å²) < 4.78 is 0. The highest BCUT2D eigenvalue weighted by Crippen LogP contribution is 2.22. The molecular formula is C17H17N3O. The van der Waals surface area contributed by atoms with E-state index in [-0.39, 0.29) is 11.4 Å². The van der Waals surface area contributed by atoms with Crippen molar-refractivity contribution >= 4 is 22.4 Å². The first kappa shape index (κ1) is 14.7. The number of carbonyl (C=O) groups is 1. The van der Waals surface area contributed by atoms with E-state index in [1.165, 1.54) is 6.20 Å². The predicted molar refractivity (Wildman–Crippen MR) is 83.5 cm³/mol. The summed E-state index contributed by atoms with van der Waals surface area (Å²) in [6.45, 7) is 5.37. The average Bonchev–Trinajstić information content (AvgIpc) is 2.47. The van der Waals surface area contributed by atoms with Gasteiger partial charge in [0.15, 0.2) is 5.78 Å². The smallest absolute Gasteiger partial charge is 0.180 e. The van der Waals surface area contributed by atoms with E-state index in [0.717, 1.165) is 16.6 Å². The number of carbonyl (C=O) groups excluding carboxylic acids is 1. The van der Waals surface area contributed by atoms with Crippen LogP contribution in [0.1, 0.15) is 20.8 Å². The highest BCUT2D eigenvalue weighted by molar-refractivity contribution is 6.03. The minimum Gasteiger partial charge on any atom is -0.359 e. The van der Waals surface area contributed by atoms with Gasteiger partial charge in [0.25, 0.3) is 0 Å². The zero-order chi connectivity index (χ0) is 15.5. The molecule has 0 aliphatic heterocycles. The topological polar surface area (TPSA) is 65.8 Å². The molecule has 1 N–H and O–H groups in total. The van der Waals surface area contributed by atoms with E-state index >= 15 is 0 Å². The van der Waals surface area contributed by atoms with Crippen LogP contribution in [-0.2, 0) is 4.79 Å². The number of rotatable bonds is 3. The predicted octanol–water partition coefficient (Wildman–Crippen LogP) is 3.67. The number of fused-ring (bicyclic) bond motifs is 1. The lowest BCUT2D eigenvalue weighted by atomic mass is 9.87. The Labute approximate surface area is 124 Å². The Balaban J connectivity index is 2.34. The van der Waals surface area contributed by atoms with Crippen LogP contribution in [0.3, 0.4) is 0 Å². The second kappa shape index (κ2) is 5.76. The third kappa shape index (κ3) is 3.26. The minimum absolute atomic E-state index is 0.107. The van der Waals surface area contributed by atoms with Gasteiger partial charge < -0.3 is 5.32 Å². The van der Waals surface area contributed by atoms with Gasteiger partial charge in [-0.25, -0.2) is 0 Å². The number of allylic oxidation sites excluding steroid dienone is 1. The number of benzene rings is 1. The fourth-order valence-electron chi connectivity index (χ4n) is 1.92. The van der Waals surface area contributed by atoms with Crippen LogP contribution in [0, 0.1) is 16.7 Å². The van der Waals surface area contributed by atoms with Crippen molar-refractivity contribution in [3.63, 3.8) is 0 Å². The monoisotopic (exact) mass is 279 g/mol. The fourth-order valence-corrected chi connectivity index (χ4v) is 1.92. The van der Waals surface area contributed by atoms with Crippen molar-refractivity contribution in [3.8, 4) is 6.07 Å². The Morgan fingerprint density at radius 1 is 1.29 bits per heavy atom. The highest BCUT2D eigenvalue weighted by Gasteiger charge is 2.24. The van der Waals surface area contributed by atoms with Gasteiger partial charge in [0.05, 0.1) is 11.2 Å². The van der Waals surface area contributed by atoms with Gasteiger partial charge in [-0.2, -0.15) is 5.26 Å². The van der Waals surface area contributed by atoms with E-state index in [9.17, 15) is 4.79 Å². The number of Topliss-reactive ketones (excluding diaryl/α,β-unsaturated/α-hetero) is 1. The molecule has 1 aromatic heterocycles. The summed E-state index contributed by atoms with van der Waals surface area (Å²) in [4.78, 5) is 16.5. The molecule has 2 rings (SSSR count). The van der Waals surface area contributed by atoms with Gasteiger partial charge in [-0.05, 0) is 12.1 Å².